The number of carbonyl (C=O) groups is 2. The Morgan fingerprint density at radius 3 is 2.27 bits per heavy atom. The number of hydrogen-bond acceptors (Lipinski definition) is 7. The lowest BCUT2D eigenvalue weighted by Crippen LogP contribution is -2.22. The molecule has 1 saturated heterocycles. The molecule has 0 spiro atoms. The monoisotopic (exact) mass is 532 g/mol. The smallest absolute Gasteiger partial charge is 0.293 e. The molecule has 2 N–H and O–H groups in total. The van der Waals surface area contributed by atoms with Crippen LogP contribution in [0.2, 0.25) is 0 Å². The van der Waals surface area contributed by atoms with Gasteiger partial charge in [-0.15, -0.1) is 0 Å². The molecule has 2 aromatic carbocycles. The van der Waals surface area contributed by atoms with E-state index in [1.54, 1.807) is 30.3 Å². The van der Waals surface area contributed by atoms with Crippen molar-refractivity contribution >= 4 is 70.3 Å². The predicted octanol–water partition coefficient (Wildman–Crippen LogP) is 4.63. The van der Waals surface area contributed by atoms with Crippen LogP contribution in [-0.2, 0) is 13.8 Å². The van der Waals surface area contributed by atoms with Crippen LogP contribution in [0.3, 0.4) is 0 Å². The summed E-state index contributed by atoms with van der Waals surface area (Å²) in [5.74, 6) is 0.211. The third kappa shape index (κ3) is 6.00. The lowest BCUT2D eigenvalue weighted by molar-refractivity contribution is -0.121. The number of halogens is 2. The maximum atomic E-state index is 11.8. The number of nitrogens with two attached hydrogens (primary N) is 1. The fourth-order valence-corrected chi connectivity index (χ4v) is 4.32. The zero-order valence-corrected chi connectivity index (χ0v) is 20.2. The van der Waals surface area contributed by atoms with Crippen LogP contribution in [0.15, 0.2) is 50.7 Å². The van der Waals surface area contributed by atoms with Gasteiger partial charge in [0.05, 0.1) is 22.6 Å². The number of imide groups is 1. The van der Waals surface area contributed by atoms with Gasteiger partial charge >= 0.3 is 0 Å². The fourth-order valence-electron chi connectivity index (χ4n) is 2.26. The third-order valence-electron chi connectivity index (χ3n) is 3.92. The van der Waals surface area contributed by atoms with Crippen molar-refractivity contribution in [3.05, 3.63) is 56.9 Å². The number of methoxy groups -OCH3 is 1. The molecule has 0 atom stereocenters. The highest BCUT2D eigenvalue weighted by molar-refractivity contribution is 9.10. The summed E-state index contributed by atoms with van der Waals surface area (Å²) in [6, 6.07) is 9.78. The zero-order chi connectivity index (χ0) is 22.6. The lowest BCUT2D eigenvalue weighted by Gasteiger charge is -2.08. The predicted molar refractivity (Wildman–Crippen MR) is 123 cm³/mol. The molecule has 1 fully saturated rings. The molecule has 0 unspecified atom stereocenters. The zero-order valence-electron chi connectivity index (χ0n) is 16.2. The van der Waals surface area contributed by atoms with E-state index >= 15 is 0 Å². The van der Waals surface area contributed by atoms with Crippen molar-refractivity contribution in [2.45, 2.75) is 11.8 Å². The van der Waals surface area contributed by atoms with Gasteiger partial charge < -0.3 is 10.5 Å². The first-order chi connectivity index (χ1) is 13.9. The first-order valence-electron chi connectivity index (χ1n) is 8.30. The number of aryl methyl sites for hydroxylation is 1. The summed E-state index contributed by atoms with van der Waals surface area (Å²) in [5.41, 5.74) is 8.00. The molecule has 0 aliphatic carbocycles. The van der Waals surface area contributed by atoms with Crippen molar-refractivity contribution in [2.24, 2.45) is 0 Å². The highest BCUT2D eigenvalue weighted by atomic mass is 79.9. The van der Waals surface area contributed by atoms with Crippen molar-refractivity contribution in [1.82, 2.24) is 4.90 Å². The SMILES string of the molecule is COc1cc(/C=C2\SC(=O)N(C)C2=O)c(Br)cc1N.Cc1ccc(S(=O)(=O)Cl)cc1. The summed E-state index contributed by atoms with van der Waals surface area (Å²) in [5, 5.41) is -0.283. The van der Waals surface area contributed by atoms with Crippen molar-refractivity contribution < 1.29 is 22.7 Å². The number of hydrogen-bond donors (Lipinski definition) is 1. The van der Waals surface area contributed by atoms with Crippen LogP contribution in [0, 0.1) is 6.92 Å². The molecule has 11 heteroatoms. The van der Waals surface area contributed by atoms with Crippen LogP contribution in [0.25, 0.3) is 6.08 Å². The summed E-state index contributed by atoms with van der Waals surface area (Å²) in [6.07, 6.45) is 1.64. The maximum Gasteiger partial charge on any atom is 0.293 e. The molecule has 160 valence electrons. The van der Waals surface area contributed by atoms with Crippen LogP contribution in [0.4, 0.5) is 10.5 Å². The Morgan fingerprint density at radius 1 is 1.20 bits per heavy atom. The van der Waals surface area contributed by atoms with Crippen molar-refractivity contribution in [3.8, 4) is 5.75 Å². The topological polar surface area (TPSA) is 107 Å². The molecule has 0 radical (unpaired) electrons. The van der Waals surface area contributed by atoms with Crippen molar-refractivity contribution in [1.29, 1.82) is 0 Å². The van der Waals surface area contributed by atoms with Crippen LogP contribution >= 0.6 is 38.4 Å². The van der Waals surface area contributed by atoms with Gasteiger partial charge in [-0.05, 0) is 54.6 Å². The Bertz CT molecular complexity index is 1120. The van der Waals surface area contributed by atoms with E-state index in [2.05, 4.69) is 15.9 Å². The van der Waals surface area contributed by atoms with E-state index in [1.165, 1.54) is 26.3 Å². The molecule has 2 aromatic rings. The second-order valence-corrected chi connectivity index (χ2v) is 10.5. The number of thioether (sulfide) groups is 1. The quantitative estimate of drug-likeness (QED) is 0.348. The summed E-state index contributed by atoms with van der Waals surface area (Å²) in [7, 11) is 4.51. The second-order valence-electron chi connectivity index (χ2n) is 6.11. The van der Waals surface area contributed by atoms with Crippen LogP contribution in [0.5, 0.6) is 5.75 Å². The van der Waals surface area contributed by atoms with Gasteiger partial charge in [-0.1, -0.05) is 33.6 Å². The van der Waals surface area contributed by atoms with E-state index in [0.717, 1.165) is 32.3 Å². The van der Waals surface area contributed by atoms with Gasteiger partial charge in [-0.25, -0.2) is 8.42 Å². The fraction of sp³-hybridized carbons (Fsp3) is 0.158. The molecule has 2 amide bonds. The van der Waals surface area contributed by atoms with E-state index in [0.29, 0.717) is 16.3 Å². The molecule has 0 saturated carbocycles. The van der Waals surface area contributed by atoms with Gasteiger partial charge in [0.15, 0.2) is 0 Å². The van der Waals surface area contributed by atoms with Crippen molar-refractivity contribution in [3.63, 3.8) is 0 Å². The molecule has 3 rings (SSSR count). The Hall–Kier alpha value is -2.01. The maximum absolute atomic E-state index is 11.8. The first kappa shape index (κ1) is 24.3. The number of anilines is 1. The van der Waals surface area contributed by atoms with Crippen LogP contribution in [-0.4, -0.2) is 38.6 Å². The highest BCUT2D eigenvalue weighted by Gasteiger charge is 2.31. The standard InChI is InChI=1S/C12H11BrN2O3S.C7H7ClO2S/c1-15-11(16)10(19-12(15)17)4-6-3-9(18-2)8(14)5-7(6)13;1-6-2-4-7(5-3-6)11(8,9)10/h3-5H,14H2,1-2H3;2-5H,1H3/b10-4-;. The van der Waals surface area contributed by atoms with Crippen molar-refractivity contribution in [2.75, 3.05) is 19.9 Å². The Balaban J connectivity index is 0.000000248. The number of benzene rings is 2. The molecular weight excluding hydrogens is 516 g/mol. The number of amides is 2. The summed E-state index contributed by atoms with van der Waals surface area (Å²) in [4.78, 5) is 24.8. The van der Waals surface area contributed by atoms with Gasteiger partial charge in [0, 0.05) is 22.2 Å². The Labute approximate surface area is 191 Å². The van der Waals surface area contributed by atoms with E-state index in [-0.39, 0.29) is 16.0 Å². The summed E-state index contributed by atoms with van der Waals surface area (Å²) in [6.45, 7) is 1.88. The number of ether oxygens (including phenoxy) is 1. The molecule has 0 aromatic heterocycles. The van der Waals surface area contributed by atoms with E-state index < -0.39 is 9.05 Å². The van der Waals surface area contributed by atoms with Gasteiger partial charge in [0.1, 0.15) is 5.75 Å². The minimum absolute atomic E-state index is 0.143. The molecule has 1 heterocycles. The number of nitrogen functional groups attached to an aromatic ring is 1. The number of likely N-dealkylation sites (N-methyl/N-ethyl adjacent to an activating group) is 1. The molecular formula is C19H18BrClN2O5S2. The van der Waals surface area contributed by atoms with Gasteiger partial charge in [-0.3, -0.25) is 14.5 Å². The number of rotatable bonds is 3. The van der Waals surface area contributed by atoms with Crippen LogP contribution < -0.4 is 10.5 Å². The van der Waals surface area contributed by atoms with E-state index in [4.69, 9.17) is 21.2 Å². The second kappa shape index (κ2) is 9.86. The average molecular weight is 534 g/mol. The summed E-state index contributed by atoms with van der Waals surface area (Å²) < 4.78 is 27.3. The van der Waals surface area contributed by atoms with E-state index in [9.17, 15) is 18.0 Å². The minimum atomic E-state index is -3.55. The first-order valence-corrected chi connectivity index (χ1v) is 12.2. The third-order valence-corrected chi connectivity index (χ3v) is 6.94. The minimum Gasteiger partial charge on any atom is -0.495 e. The average Bonchev–Trinajstić information content (AvgIpc) is 2.91. The molecule has 1 aliphatic heterocycles. The van der Waals surface area contributed by atoms with Gasteiger partial charge in [-0.2, -0.15) is 0 Å². The Kier molecular flexibility index (Phi) is 7.98. The van der Waals surface area contributed by atoms with Gasteiger partial charge in [0.2, 0.25) is 0 Å². The van der Waals surface area contributed by atoms with E-state index in [1.807, 2.05) is 6.92 Å². The molecule has 0 bridgehead atoms. The molecule has 1 aliphatic rings. The van der Waals surface area contributed by atoms with Gasteiger partial charge in [0.25, 0.3) is 20.2 Å². The number of carbonyl (C=O) groups excluding carboxylic acids is 2. The Morgan fingerprint density at radius 2 is 1.80 bits per heavy atom. The number of nitrogens with zero attached hydrogens (tertiary/aromatic N) is 1. The summed E-state index contributed by atoms with van der Waals surface area (Å²) >= 11 is 4.28. The molecule has 7 nitrogen and oxygen atoms in total. The van der Waals surface area contributed by atoms with Crippen LogP contribution in [0.1, 0.15) is 11.1 Å². The normalized spacial score (nSPS) is 15.2. The largest absolute Gasteiger partial charge is 0.495 e. The lowest BCUT2D eigenvalue weighted by atomic mass is 10.1. The molecule has 30 heavy (non-hydrogen) atoms. The highest BCUT2D eigenvalue weighted by Crippen LogP contribution is 2.35.